The van der Waals surface area contributed by atoms with Gasteiger partial charge in [-0.2, -0.15) is 0 Å². The molecule has 0 saturated carbocycles. The van der Waals surface area contributed by atoms with Crippen molar-refractivity contribution in [1.29, 1.82) is 0 Å². The van der Waals surface area contributed by atoms with E-state index in [-0.39, 0.29) is 31.1 Å². The molecule has 0 aromatic rings. The highest BCUT2D eigenvalue weighted by Gasteiger charge is 2.19. The summed E-state index contributed by atoms with van der Waals surface area (Å²) in [5.41, 5.74) is 0. The third-order valence-corrected chi connectivity index (χ3v) is 15.9. The smallest absolute Gasteiger partial charge is 0.306 e. The van der Waals surface area contributed by atoms with E-state index in [9.17, 15) is 14.4 Å². The predicted octanol–water partition coefficient (Wildman–Crippen LogP) is 25.0. The Bertz CT molecular complexity index is 1570. The van der Waals surface area contributed by atoms with Crippen molar-refractivity contribution in [2.24, 2.45) is 0 Å². The van der Waals surface area contributed by atoms with Crippen molar-refractivity contribution in [3.8, 4) is 0 Å². The molecule has 0 N–H and O–H groups in total. The van der Waals surface area contributed by atoms with Crippen LogP contribution in [0.3, 0.4) is 0 Å². The summed E-state index contributed by atoms with van der Waals surface area (Å²) in [6, 6.07) is 0. The van der Waals surface area contributed by atoms with Gasteiger partial charge in [0.25, 0.3) is 0 Å². The Morgan fingerprint density at radius 3 is 0.759 bits per heavy atom. The first-order valence-corrected chi connectivity index (χ1v) is 36.1. The van der Waals surface area contributed by atoms with Gasteiger partial charge < -0.3 is 14.2 Å². The van der Waals surface area contributed by atoms with E-state index in [1.54, 1.807) is 0 Å². The zero-order chi connectivity index (χ0) is 59.9. The Morgan fingerprint density at radius 2 is 0.470 bits per heavy atom. The van der Waals surface area contributed by atoms with Crippen LogP contribution in [-0.4, -0.2) is 37.2 Å². The first-order chi connectivity index (χ1) is 41.0. The van der Waals surface area contributed by atoms with Gasteiger partial charge in [-0.05, 0) is 116 Å². The molecule has 0 aliphatic carbocycles. The molecule has 6 heteroatoms. The maximum absolute atomic E-state index is 12.9. The maximum Gasteiger partial charge on any atom is 0.306 e. The number of carbonyl (C=O) groups is 3. The highest BCUT2D eigenvalue weighted by Crippen LogP contribution is 2.18. The molecular weight excluding hydrogens is 1020 g/mol. The van der Waals surface area contributed by atoms with Gasteiger partial charge in [-0.3, -0.25) is 14.4 Å². The van der Waals surface area contributed by atoms with Crippen molar-refractivity contribution in [2.45, 2.75) is 374 Å². The number of allylic oxidation sites excluding steroid dienone is 14. The Morgan fingerprint density at radius 1 is 0.253 bits per heavy atom. The van der Waals surface area contributed by atoms with Gasteiger partial charge in [-0.15, -0.1) is 0 Å². The summed E-state index contributed by atoms with van der Waals surface area (Å²) in [5.74, 6) is -0.866. The molecule has 0 fully saturated rings. The van der Waals surface area contributed by atoms with Gasteiger partial charge in [0, 0.05) is 19.3 Å². The molecule has 1 unspecified atom stereocenters. The monoisotopic (exact) mass is 1160 g/mol. The number of hydrogen-bond donors (Lipinski definition) is 0. The summed E-state index contributed by atoms with van der Waals surface area (Å²) in [4.78, 5) is 38.4. The van der Waals surface area contributed by atoms with Gasteiger partial charge in [0.05, 0.1) is 0 Å². The van der Waals surface area contributed by atoms with Crippen LogP contribution in [0.15, 0.2) is 85.1 Å². The van der Waals surface area contributed by atoms with Crippen LogP contribution in [0.2, 0.25) is 0 Å². The van der Waals surface area contributed by atoms with Crippen LogP contribution in [0.1, 0.15) is 367 Å². The van der Waals surface area contributed by atoms with E-state index in [1.807, 2.05) is 0 Å². The number of esters is 3. The average Bonchev–Trinajstić information content (AvgIpc) is 3.49. The molecule has 0 bridgehead atoms. The van der Waals surface area contributed by atoms with Crippen molar-refractivity contribution >= 4 is 17.9 Å². The van der Waals surface area contributed by atoms with Gasteiger partial charge in [-0.25, -0.2) is 0 Å². The minimum Gasteiger partial charge on any atom is -0.462 e. The van der Waals surface area contributed by atoms with Gasteiger partial charge in [0.1, 0.15) is 13.2 Å². The lowest BCUT2D eigenvalue weighted by Crippen LogP contribution is -2.30. The highest BCUT2D eigenvalue weighted by atomic mass is 16.6. The summed E-state index contributed by atoms with van der Waals surface area (Å²) in [6.07, 6.45) is 94.8. The Labute approximate surface area is 515 Å². The topological polar surface area (TPSA) is 78.9 Å². The molecule has 0 heterocycles. The summed E-state index contributed by atoms with van der Waals surface area (Å²) < 4.78 is 17.0. The standard InChI is InChI=1S/C77H136O6/c1-4-7-10-13-16-19-22-25-27-29-31-32-33-34-35-36-37-38-39-40-41-42-43-44-46-47-49-52-55-58-61-64-67-70-76(79)82-73-74(72-81-75(78)69-66-63-60-57-54-51-24-21-18-15-12-9-6-3)83-77(80)71-68-65-62-59-56-53-50-48-45-30-28-26-23-20-17-14-11-8-5-2/h7,10,16,19,21,24-28,31-32,34-35,74H,4-6,8-9,11-15,17-18,20,22-23,29-30,33,36-73H2,1-3H3/b10-7-,19-16-,24-21-,27-25-,28-26-,32-31-,35-34-. The van der Waals surface area contributed by atoms with Crippen molar-refractivity contribution in [2.75, 3.05) is 13.2 Å². The lowest BCUT2D eigenvalue weighted by atomic mass is 10.0. The molecule has 0 saturated heterocycles. The van der Waals surface area contributed by atoms with Gasteiger partial charge in [0.2, 0.25) is 0 Å². The first-order valence-electron chi connectivity index (χ1n) is 36.1. The molecule has 83 heavy (non-hydrogen) atoms. The van der Waals surface area contributed by atoms with Crippen LogP contribution in [0.4, 0.5) is 0 Å². The lowest BCUT2D eigenvalue weighted by molar-refractivity contribution is -0.167. The van der Waals surface area contributed by atoms with E-state index in [0.717, 1.165) is 96.3 Å². The third kappa shape index (κ3) is 69.3. The predicted molar refractivity (Wildman–Crippen MR) is 362 cm³/mol. The van der Waals surface area contributed by atoms with Crippen LogP contribution in [0.5, 0.6) is 0 Å². The van der Waals surface area contributed by atoms with Crippen molar-refractivity contribution in [1.82, 2.24) is 0 Å². The van der Waals surface area contributed by atoms with E-state index in [4.69, 9.17) is 14.2 Å². The number of unbranched alkanes of at least 4 members (excludes halogenated alkanes) is 41. The minimum absolute atomic E-state index is 0.0754. The quantitative estimate of drug-likeness (QED) is 0.0261. The largest absolute Gasteiger partial charge is 0.462 e. The van der Waals surface area contributed by atoms with E-state index in [0.29, 0.717) is 19.3 Å². The fraction of sp³-hybridized carbons (Fsp3) is 0.779. The Balaban J connectivity index is 4.18. The second kappa shape index (κ2) is 71.1. The van der Waals surface area contributed by atoms with Crippen LogP contribution >= 0.6 is 0 Å². The number of hydrogen-bond acceptors (Lipinski definition) is 6. The highest BCUT2D eigenvalue weighted by molar-refractivity contribution is 5.71. The average molecular weight is 1160 g/mol. The van der Waals surface area contributed by atoms with Crippen LogP contribution in [0.25, 0.3) is 0 Å². The second-order valence-electron chi connectivity index (χ2n) is 24.1. The van der Waals surface area contributed by atoms with Crippen molar-refractivity contribution in [3.63, 3.8) is 0 Å². The SMILES string of the molecule is CC/C=C\C/C=C\C/C=C\C/C=C\C/C=C\CCCCCCCCCCCCCCCCCCCC(=O)OCC(COC(=O)CCCCCCC/C=C\CCCCCC)OC(=O)CCCCCCCCCCC/C=C\CCCCCCCC. The maximum atomic E-state index is 12.9. The molecule has 0 amide bonds. The van der Waals surface area contributed by atoms with Gasteiger partial charge in [-0.1, -0.05) is 318 Å². The Hall–Kier alpha value is -3.41. The minimum atomic E-state index is -0.780. The fourth-order valence-electron chi connectivity index (χ4n) is 10.5. The molecule has 6 nitrogen and oxygen atoms in total. The summed E-state index contributed by atoms with van der Waals surface area (Å²) in [6.45, 7) is 6.55. The molecule has 0 aromatic carbocycles. The zero-order valence-corrected chi connectivity index (χ0v) is 55.2. The van der Waals surface area contributed by atoms with Crippen LogP contribution in [-0.2, 0) is 28.6 Å². The molecule has 1 atom stereocenters. The summed E-state index contributed by atoms with van der Waals surface area (Å²) in [7, 11) is 0. The van der Waals surface area contributed by atoms with Gasteiger partial charge in [0.15, 0.2) is 6.10 Å². The summed E-state index contributed by atoms with van der Waals surface area (Å²) in [5, 5.41) is 0. The lowest BCUT2D eigenvalue weighted by Gasteiger charge is -2.18. The molecular formula is C77H136O6. The van der Waals surface area contributed by atoms with Crippen molar-refractivity contribution < 1.29 is 28.6 Å². The van der Waals surface area contributed by atoms with Crippen LogP contribution in [0, 0.1) is 0 Å². The second-order valence-corrected chi connectivity index (χ2v) is 24.1. The van der Waals surface area contributed by atoms with E-state index in [2.05, 4.69) is 106 Å². The normalized spacial score (nSPS) is 12.6. The first kappa shape index (κ1) is 79.6. The summed E-state index contributed by atoms with van der Waals surface area (Å²) >= 11 is 0. The molecule has 0 radical (unpaired) electrons. The molecule has 0 rings (SSSR count). The fourth-order valence-corrected chi connectivity index (χ4v) is 10.5. The third-order valence-electron chi connectivity index (χ3n) is 15.9. The molecule has 0 aliphatic heterocycles. The number of ether oxygens (including phenoxy) is 3. The molecule has 0 aliphatic rings. The van der Waals surface area contributed by atoms with E-state index in [1.165, 1.54) is 231 Å². The number of rotatable bonds is 66. The van der Waals surface area contributed by atoms with Gasteiger partial charge >= 0.3 is 17.9 Å². The zero-order valence-electron chi connectivity index (χ0n) is 55.2. The van der Waals surface area contributed by atoms with Crippen LogP contribution < -0.4 is 0 Å². The number of carbonyl (C=O) groups excluding carboxylic acids is 3. The molecule has 480 valence electrons. The van der Waals surface area contributed by atoms with Crippen molar-refractivity contribution in [3.05, 3.63) is 85.1 Å². The molecule has 0 spiro atoms. The van der Waals surface area contributed by atoms with E-state index >= 15 is 0 Å². The molecule has 0 aromatic heterocycles. The van der Waals surface area contributed by atoms with E-state index < -0.39 is 6.10 Å². The Kier molecular flexibility index (Phi) is 68.2.